The zero-order valence-electron chi connectivity index (χ0n) is 7.66. The summed E-state index contributed by atoms with van der Waals surface area (Å²) < 4.78 is 4.93. The normalized spacial score (nSPS) is 12.8. The van der Waals surface area contributed by atoms with Crippen molar-refractivity contribution in [3.8, 4) is 0 Å². The summed E-state index contributed by atoms with van der Waals surface area (Å²) in [6, 6.07) is 5.22. The maximum atomic E-state index is 5.81. The van der Waals surface area contributed by atoms with Gasteiger partial charge >= 0.3 is 0 Å². The van der Waals surface area contributed by atoms with Gasteiger partial charge in [-0.3, -0.25) is 0 Å². The van der Waals surface area contributed by atoms with Gasteiger partial charge in [0.05, 0.1) is 24.0 Å². The highest BCUT2D eigenvalue weighted by Crippen LogP contribution is 2.24. The van der Waals surface area contributed by atoms with E-state index in [-0.39, 0.29) is 6.04 Å². The van der Waals surface area contributed by atoms with E-state index >= 15 is 0 Å². The Morgan fingerprint density at radius 2 is 2.08 bits per heavy atom. The molecular weight excluding hydrogens is 166 g/mol. The molecule has 1 rings (SSSR count). The fraction of sp³-hybridized carbons (Fsp3) is 0.333. The Hall–Kier alpha value is -1.26. The molecule has 4 nitrogen and oxygen atoms in total. The molecule has 1 aromatic rings. The molecule has 0 radical (unpaired) electrons. The zero-order valence-corrected chi connectivity index (χ0v) is 7.66. The summed E-state index contributed by atoms with van der Waals surface area (Å²) in [5.41, 5.74) is 19.1. The number of methoxy groups -OCH3 is 1. The van der Waals surface area contributed by atoms with Crippen LogP contribution in [0.2, 0.25) is 0 Å². The fourth-order valence-corrected chi connectivity index (χ4v) is 1.19. The quantitative estimate of drug-likeness (QED) is 0.592. The Bertz CT molecular complexity index is 288. The summed E-state index contributed by atoms with van der Waals surface area (Å²) in [4.78, 5) is 0. The lowest BCUT2D eigenvalue weighted by Gasteiger charge is -2.14. The maximum Gasteiger partial charge on any atom is 0.0656 e. The van der Waals surface area contributed by atoms with E-state index in [1.165, 1.54) is 0 Å². The summed E-state index contributed by atoms with van der Waals surface area (Å²) in [7, 11) is 1.60. The molecule has 0 aliphatic rings. The lowest BCUT2D eigenvalue weighted by molar-refractivity contribution is 0.181. The van der Waals surface area contributed by atoms with Crippen LogP contribution in [-0.2, 0) is 4.74 Å². The topological polar surface area (TPSA) is 87.3 Å². The van der Waals surface area contributed by atoms with Crippen LogP contribution >= 0.6 is 0 Å². The fourth-order valence-electron chi connectivity index (χ4n) is 1.19. The van der Waals surface area contributed by atoms with Crippen molar-refractivity contribution in [3.63, 3.8) is 0 Å². The van der Waals surface area contributed by atoms with E-state index in [1.54, 1.807) is 13.2 Å². The van der Waals surface area contributed by atoms with Crippen molar-refractivity contribution in [3.05, 3.63) is 23.8 Å². The van der Waals surface area contributed by atoms with E-state index in [0.717, 1.165) is 5.56 Å². The first-order valence-electron chi connectivity index (χ1n) is 4.05. The highest BCUT2D eigenvalue weighted by atomic mass is 16.5. The number of ether oxygens (including phenoxy) is 1. The zero-order chi connectivity index (χ0) is 9.84. The minimum atomic E-state index is -0.214. The van der Waals surface area contributed by atoms with Gasteiger partial charge in [-0.25, -0.2) is 0 Å². The lowest BCUT2D eigenvalue weighted by Crippen LogP contribution is -2.18. The Kier molecular flexibility index (Phi) is 3.11. The molecule has 72 valence electrons. The van der Waals surface area contributed by atoms with Gasteiger partial charge in [0.25, 0.3) is 0 Å². The molecule has 0 aliphatic heterocycles. The number of nitrogens with two attached hydrogens (primary N) is 3. The van der Waals surface area contributed by atoms with Gasteiger partial charge in [-0.1, -0.05) is 12.1 Å². The van der Waals surface area contributed by atoms with Crippen molar-refractivity contribution >= 4 is 11.4 Å². The van der Waals surface area contributed by atoms with Gasteiger partial charge < -0.3 is 21.9 Å². The van der Waals surface area contributed by atoms with Crippen LogP contribution in [0.4, 0.5) is 11.4 Å². The van der Waals surface area contributed by atoms with Crippen LogP contribution in [0.25, 0.3) is 0 Å². The van der Waals surface area contributed by atoms with Crippen molar-refractivity contribution in [2.24, 2.45) is 5.73 Å². The number of rotatable bonds is 3. The van der Waals surface area contributed by atoms with Crippen LogP contribution in [0.3, 0.4) is 0 Å². The average molecular weight is 181 g/mol. The van der Waals surface area contributed by atoms with E-state index in [0.29, 0.717) is 18.0 Å². The van der Waals surface area contributed by atoms with Crippen LogP contribution in [0.15, 0.2) is 18.2 Å². The highest BCUT2D eigenvalue weighted by Gasteiger charge is 2.10. The third kappa shape index (κ3) is 2.11. The number of benzene rings is 1. The smallest absolute Gasteiger partial charge is 0.0656 e. The number of anilines is 2. The van der Waals surface area contributed by atoms with Crippen LogP contribution in [-0.4, -0.2) is 13.7 Å². The molecule has 13 heavy (non-hydrogen) atoms. The largest absolute Gasteiger partial charge is 0.397 e. The van der Waals surface area contributed by atoms with Crippen LogP contribution in [0.1, 0.15) is 11.6 Å². The Balaban J connectivity index is 2.93. The lowest BCUT2D eigenvalue weighted by atomic mass is 10.1. The van der Waals surface area contributed by atoms with Gasteiger partial charge in [0.15, 0.2) is 0 Å². The van der Waals surface area contributed by atoms with Crippen LogP contribution < -0.4 is 17.2 Å². The van der Waals surface area contributed by atoms with Gasteiger partial charge in [-0.05, 0) is 11.6 Å². The van der Waals surface area contributed by atoms with Crippen molar-refractivity contribution in [2.75, 3.05) is 25.2 Å². The number of nitrogen functional groups attached to an aromatic ring is 2. The van der Waals surface area contributed by atoms with Crippen molar-refractivity contribution in [1.82, 2.24) is 0 Å². The summed E-state index contributed by atoms with van der Waals surface area (Å²) >= 11 is 0. The molecule has 0 heterocycles. The Morgan fingerprint density at radius 1 is 1.38 bits per heavy atom. The van der Waals surface area contributed by atoms with E-state index in [2.05, 4.69) is 0 Å². The third-order valence-corrected chi connectivity index (χ3v) is 1.92. The molecule has 1 aromatic carbocycles. The molecule has 0 amide bonds. The second-order valence-corrected chi connectivity index (χ2v) is 2.91. The molecule has 0 spiro atoms. The maximum absolute atomic E-state index is 5.81. The predicted molar refractivity (Wildman–Crippen MR) is 54.1 cm³/mol. The van der Waals surface area contributed by atoms with Gasteiger partial charge in [0.2, 0.25) is 0 Å². The van der Waals surface area contributed by atoms with Crippen LogP contribution in [0, 0.1) is 0 Å². The second-order valence-electron chi connectivity index (χ2n) is 2.91. The molecule has 0 saturated heterocycles. The first-order chi connectivity index (χ1) is 6.16. The van der Waals surface area contributed by atoms with Gasteiger partial charge in [-0.15, -0.1) is 0 Å². The summed E-state index contributed by atoms with van der Waals surface area (Å²) in [5, 5.41) is 0. The van der Waals surface area contributed by atoms with Gasteiger partial charge in [0.1, 0.15) is 0 Å². The summed E-state index contributed by atoms with van der Waals surface area (Å²) in [5.74, 6) is 0. The van der Waals surface area contributed by atoms with E-state index in [4.69, 9.17) is 21.9 Å². The molecular formula is C9H15N3O. The monoisotopic (exact) mass is 181 g/mol. The van der Waals surface area contributed by atoms with Crippen molar-refractivity contribution in [1.29, 1.82) is 0 Å². The first-order valence-corrected chi connectivity index (χ1v) is 4.05. The van der Waals surface area contributed by atoms with Gasteiger partial charge in [-0.2, -0.15) is 0 Å². The molecule has 0 bridgehead atoms. The van der Waals surface area contributed by atoms with E-state index in [9.17, 15) is 0 Å². The highest BCUT2D eigenvalue weighted by molar-refractivity contribution is 5.67. The molecule has 0 fully saturated rings. The van der Waals surface area contributed by atoms with Crippen LogP contribution in [0.5, 0.6) is 0 Å². The van der Waals surface area contributed by atoms with Crippen molar-refractivity contribution in [2.45, 2.75) is 6.04 Å². The van der Waals surface area contributed by atoms with E-state index in [1.807, 2.05) is 12.1 Å². The number of hydrogen-bond acceptors (Lipinski definition) is 4. The van der Waals surface area contributed by atoms with E-state index < -0.39 is 0 Å². The standard InChI is InChI=1S/C9H15N3O/c1-13-5-8(11)6-3-2-4-7(10)9(6)12/h2-4,8H,5,10-12H2,1H3/t8-/m1/s1. The summed E-state index contributed by atoms with van der Waals surface area (Å²) in [6.45, 7) is 0.438. The molecule has 6 N–H and O–H groups in total. The molecule has 4 heteroatoms. The summed E-state index contributed by atoms with van der Waals surface area (Å²) in [6.07, 6.45) is 0. The molecule has 0 saturated carbocycles. The Morgan fingerprint density at radius 3 is 2.69 bits per heavy atom. The Labute approximate surface area is 77.7 Å². The first kappa shape index (κ1) is 9.83. The minimum Gasteiger partial charge on any atom is -0.397 e. The predicted octanol–water partition coefficient (Wildman–Crippen LogP) is 0.497. The van der Waals surface area contributed by atoms with Gasteiger partial charge in [0, 0.05) is 7.11 Å². The number of para-hydroxylation sites is 1. The SMILES string of the molecule is COC[C@@H](N)c1cccc(N)c1N. The average Bonchev–Trinajstić information content (AvgIpc) is 2.10. The second kappa shape index (κ2) is 4.11. The molecule has 0 aliphatic carbocycles. The number of hydrogen-bond donors (Lipinski definition) is 3. The molecule has 0 unspecified atom stereocenters. The minimum absolute atomic E-state index is 0.214. The van der Waals surface area contributed by atoms with Crippen molar-refractivity contribution < 1.29 is 4.74 Å². The third-order valence-electron chi connectivity index (χ3n) is 1.92. The molecule has 0 aromatic heterocycles. The molecule has 1 atom stereocenters.